The average molecular weight is 398 g/mol. The molecular formula is C17H14N6O4S. The molecule has 1 amide bonds. The van der Waals surface area contributed by atoms with E-state index in [2.05, 4.69) is 14.8 Å². The largest absolute Gasteiger partial charge is 0.447 e. The van der Waals surface area contributed by atoms with Gasteiger partial charge in [-0.05, 0) is 31.2 Å². The Morgan fingerprint density at radius 3 is 2.68 bits per heavy atom. The minimum atomic E-state index is -3.93. The standard InChI is InChI=1S/C17H14N6O4S/c1-11-8-15(23-16(20-11)12(9-18)10-19-23)21-28(25,26)14-4-2-13(3-5-14)22-6-7-27-17(22)24/h2-5,8,10,21H,6-7H2,1H3. The van der Waals surface area contributed by atoms with Crippen molar-refractivity contribution in [3.8, 4) is 6.07 Å². The van der Waals surface area contributed by atoms with Crippen LogP contribution in [0.4, 0.5) is 16.3 Å². The van der Waals surface area contributed by atoms with E-state index in [1.807, 2.05) is 6.07 Å². The topological polar surface area (TPSA) is 130 Å². The number of rotatable bonds is 4. The fourth-order valence-corrected chi connectivity index (χ4v) is 3.90. The van der Waals surface area contributed by atoms with Crippen LogP contribution in [0.5, 0.6) is 0 Å². The Bertz CT molecular complexity index is 1230. The lowest BCUT2D eigenvalue weighted by Crippen LogP contribution is -2.23. The molecule has 0 bridgehead atoms. The lowest BCUT2D eigenvalue weighted by Gasteiger charge is -2.14. The molecule has 3 aromatic rings. The van der Waals surface area contributed by atoms with Crippen LogP contribution in [-0.4, -0.2) is 42.3 Å². The van der Waals surface area contributed by atoms with Gasteiger partial charge in [-0.1, -0.05) is 0 Å². The average Bonchev–Trinajstić information content (AvgIpc) is 3.27. The highest BCUT2D eigenvalue weighted by molar-refractivity contribution is 7.92. The van der Waals surface area contributed by atoms with E-state index in [0.717, 1.165) is 0 Å². The molecule has 142 valence electrons. The number of carbonyl (C=O) groups is 1. The van der Waals surface area contributed by atoms with Gasteiger partial charge in [-0.2, -0.15) is 14.9 Å². The molecule has 10 nitrogen and oxygen atoms in total. The van der Waals surface area contributed by atoms with Gasteiger partial charge in [0.25, 0.3) is 10.0 Å². The van der Waals surface area contributed by atoms with E-state index >= 15 is 0 Å². The molecule has 0 spiro atoms. The number of fused-ring (bicyclic) bond motifs is 1. The van der Waals surface area contributed by atoms with Crippen molar-refractivity contribution in [2.75, 3.05) is 22.8 Å². The zero-order valence-electron chi connectivity index (χ0n) is 14.7. The Balaban J connectivity index is 1.66. The second-order valence-corrected chi connectivity index (χ2v) is 7.74. The smallest absolute Gasteiger partial charge is 0.414 e. The van der Waals surface area contributed by atoms with Crippen molar-refractivity contribution in [2.24, 2.45) is 0 Å². The fraction of sp³-hybridized carbons (Fsp3) is 0.176. The predicted molar refractivity (Wildman–Crippen MR) is 98.4 cm³/mol. The molecule has 11 heteroatoms. The number of benzene rings is 1. The molecule has 3 heterocycles. The summed E-state index contributed by atoms with van der Waals surface area (Å²) >= 11 is 0. The van der Waals surface area contributed by atoms with Gasteiger partial charge in [0.05, 0.1) is 17.6 Å². The summed E-state index contributed by atoms with van der Waals surface area (Å²) in [6, 6.07) is 9.37. The molecule has 0 atom stereocenters. The molecule has 1 saturated heterocycles. The van der Waals surface area contributed by atoms with Crippen LogP contribution in [0.25, 0.3) is 5.65 Å². The summed E-state index contributed by atoms with van der Waals surface area (Å²) in [4.78, 5) is 17.3. The third-order valence-electron chi connectivity index (χ3n) is 4.18. The van der Waals surface area contributed by atoms with Crippen molar-refractivity contribution < 1.29 is 17.9 Å². The molecule has 1 aliphatic heterocycles. The molecule has 1 aromatic carbocycles. The van der Waals surface area contributed by atoms with E-state index in [-0.39, 0.29) is 21.9 Å². The molecular weight excluding hydrogens is 384 g/mol. The van der Waals surface area contributed by atoms with Gasteiger partial charge in [-0.15, -0.1) is 0 Å². The van der Waals surface area contributed by atoms with Crippen LogP contribution in [0.3, 0.4) is 0 Å². The first-order valence-electron chi connectivity index (χ1n) is 8.22. The van der Waals surface area contributed by atoms with Gasteiger partial charge in [0.1, 0.15) is 24.1 Å². The first-order valence-corrected chi connectivity index (χ1v) is 9.70. The normalized spacial score (nSPS) is 14.1. The number of aryl methyl sites for hydroxylation is 1. The number of anilines is 2. The number of hydrogen-bond donors (Lipinski definition) is 1. The summed E-state index contributed by atoms with van der Waals surface area (Å²) in [6.45, 7) is 2.40. The minimum Gasteiger partial charge on any atom is -0.447 e. The van der Waals surface area contributed by atoms with Crippen LogP contribution in [0.2, 0.25) is 0 Å². The quantitative estimate of drug-likeness (QED) is 0.707. The van der Waals surface area contributed by atoms with Gasteiger partial charge >= 0.3 is 6.09 Å². The van der Waals surface area contributed by atoms with E-state index in [4.69, 9.17) is 10.00 Å². The molecule has 0 aliphatic carbocycles. The van der Waals surface area contributed by atoms with E-state index in [1.54, 1.807) is 6.92 Å². The Labute approximate surface area is 160 Å². The number of cyclic esters (lactones) is 1. The first kappa shape index (κ1) is 17.7. The van der Waals surface area contributed by atoms with Crippen LogP contribution in [0.15, 0.2) is 41.4 Å². The zero-order chi connectivity index (χ0) is 19.9. The summed E-state index contributed by atoms with van der Waals surface area (Å²) in [5.74, 6) is 0.163. The number of ether oxygens (including phenoxy) is 1. The number of aromatic nitrogens is 3. The number of hydrogen-bond acceptors (Lipinski definition) is 7. The van der Waals surface area contributed by atoms with Crippen LogP contribution >= 0.6 is 0 Å². The van der Waals surface area contributed by atoms with Crippen molar-refractivity contribution in [1.29, 1.82) is 5.26 Å². The third kappa shape index (κ3) is 2.99. The van der Waals surface area contributed by atoms with Gasteiger partial charge in [0, 0.05) is 17.4 Å². The molecule has 2 aromatic heterocycles. The highest BCUT2D eigenvalue weighted by atomic mass is 32.2. The van der Waals surface area contributed by atoms with Crippen LogP contribution in [-0.2, 0) is 14.8 Å². The SMILES string of the molecule is Cc1cc(NS(=O)(=O)c2ccc(N3CCOC3=O)cc2)n2ncc(C#N)c2n1. The van der Waals surface area contributed by atoms with Gasteiger partial charge in [0.2, 0.25) is 0 Å². The highest BCUT2D eigenvalue weighted by Crippen LogP contribution is 2.23. The van der Waals surface area contributed by atoms with Crippen molar-refractivity contribution in [3.63, 3.8) is 0 Å². The molecule has 28 heavy (non-hydrogen) atoms. The number of nitrogens with zero attached hydrogens (tertiary/aromatic N) is 5. The molecule has 0 unspecified atom stereocenters. The molecule has 4 rings (SSSR count). The molecule has 1 aliphatic rings. The summed E-state index contributed by atoms with van der Waals surface area (Å²) in [5.41, 5.74) is 1.59. The molecule has 0 saturated carbocycles. The summed E-state index contributed by atoms with van der Waals surface area (Å²) < 4.78 is 34.2. The molecule has 1 fully saturated rings. The Kier molecular flexibility index (Phi) is 4.12. The number of sulfonamides is 1. The maximum Gasteiger partial charge on any atom is 0.414 e. The van der Waals surface area contributed by atoms with Crippen LogP contribution < -0.4 is 9.62 Å². The second kappa shape index (κ2) is 6.50. The summed E-state index contributed by atoms with van der Waals surface area (Å²) in [7, 11) is -3.93. The van der Waals surface area contributed by atoms with Crippen molar-refractivity contribution in [1.82, 2.24) is 14.6 Å². The Morgan fingerprint density at radius 1 is 1.29 bits per heavy atom. The lowest BCUT2D eigenvalue weighted by molar-refractivity contribution is 0.181. The summed E-state index contributed by atoms with van der Waals surface area (Å²) in [5, 5.41) is 13.2. The van der Waals surface area contributed by atoms with E-state index < -0.39 is 16.1 Å². The first-order chi connectivity index (χ1) is 13.4. The molecule has 0 radical (unpaired) electrons. The van der Waals surface area contributed by atoms with E-state index in [1.165, 1.54) is 45.9 Å². The predicted octanol–water partition coefficient (Wildman–Crippen LogP) is 1.67. The number of carbonyl (C=O) groups excluding carboxylic acids is 1. The van der Waals surface area contributed by atoms with Gasteiger partial charge < -0.3 is 4.74 Å². The monoisotopic (exact) mass is 398 g/mol. The second-order valence-electron chi connectivity index (χ2n) is 6.05. The van der Waals surface area contributed by atoms with Gasteiger partial charge in [0.15, 0.2) is 5.65 Å². The van der Waals surface area contributed by atoms with E-state index in [0.29, 0.717) is 24.5 Å². The highest BCUT2D eigenvalue weighted by Gasteiger charge is 2.24. The number of nitrogens with one attached hydrogen (secondary N) is 1. The summed E-state index contributed by atoms with van der Waals surface area (Å²) in [6.07, 6.45) is 0.860. The Hall–Kier alpha value is -3.65. The van der Waals surface area contributed by atoms with E-state index in [9.17, 15) is 13.2 Å². The third-order valence-corrected chi connectivity index (χ3v) is 5.55. The van der Waals surface area contributed by atoms with Crippen molar-refractivity contribution >= 4 is 33.3 Å². The lowest BCUT2D eigenvalue weighted by atomic mass is 10.3. The Morgan fingerprint density at radius 2 is 2.04 bits per heavy atom. The van der Waals surface area contributed by atoms with Gasteiger partial charge in [-0.25, -0.2) is 18.2 Å². The van der Waals surface area contributed by atoms with Gasteiger partial charge in [-0.3, -0.25) is 9.62 Å². The molecule has 1 N–H and O–H groups in total. The van der Waals surface area contributed by atoms with Crippen molar-refractivity contribution in [2.45, 2.75) is 11.8 Å². The zero-order valence-corrected chi connectivity index (χ0v) is 15.5. The maximum absolute atomic E-state index is 12.8. The van der Waals surface area contributed by atoms with Crippen LogP contribution in [0, 0.1) is 18.3 Å². The van der Waals surface area contributed by atoms with Crippen LogP contribution in [0.1, 0.15) is 11.3 Å². The minimum absolute atomic E-state index is 0.0130. The number of nitriles is 1. The van der Waals surface area contributed by atoms with Crippen molar-refractivity contribution in [3.05, 3.63) is 47.8 Å². The fourth-order valence-electron chi connectivity index (χ4n) is 2.87. The number of amides is 1. The maximum atomic E-state index is 12.8.